The predicted octanol–water partition coefficient (Wildman–Crippen LogP) is 1.67. The molecule has 0 aromatic heterocycles. The summed E-state index contributed by atoms with van der Waals surface area (Å²) in [6, 6.07) is 0. The van der Waals surface area contributed by atoms with Gasteiger partial charge < -0.3 is 4.74 Å². The van der Waals surface area contributed by atoms with E-state index in [9.17, 15) is 9.59 Å². The third-order valence-corrected chi connectivity index (χ3v) is 4.67. The molecule has 0 unspecified atom stereocenters. The van der Waals surface area contributed by atoms with Crippen LogP contribution in [-0.2, 0) is 14.3 Å². The molecule has 1 aliphatic carbocycles. The van der Waals surface area contributed by atoms with Gasteiger partial charge in [0.25, 0.3) is 0 Å². The molecule has 0 bridgehead atoms. The zero-order chi connectivity index (χ0) is 10.0. The van der Waals surface area contributed by atoms with Crippen LogP contribution < -0.4 is 0 Å². The number of halogens is 2. The second-order valence-corrected chi connectivity index (χ2v) is 5.02. The highest BCUT2D eigenvalue weighted by molar-refractivity contribution is 9.12. The zero-order valence-corrected chi connectivity index (χ0v) is 10.3. The standard InChI is InChI=1S/C8H10Br2O3/c1-2-13-8(12)4-3-5(9)6(10)7(4)11/h4-6H,2-3H2,1H3/t4-,5-,6+/m1/s1. The van der Waals surface area contributed by atoms with Gasteiger partial charge >= 0.3 is 5.97 Å². The predicted molar refractivity (Wildman–Crippen MR) is 55.2 cm³/mol. The van der Waals surface area contributed by atoms with Gasteiger partial charge in [0.15, 0.2) is 5.78 Å². The van der Waals surface area contributed by atoms with Crippen molar-refractivity contribution in [2.75, 3.05) is 6.61 Å². The molecule has 1 fully saturated rings. The van der Waals surface area contributed by atoms with Crippen LogP contribution in [0.25, 0.3) is 0 Å². The number of rotatable bonds is 2. The van der Waals surface area contributed by atoms with Gasteiger partial charge in [0.2, 0.25) is 0 Å². The Morgan fingerprint density at radius 3 is 2.62 bits per heavy atom. The Hall–Kier alpha value is 0.1000. The summed E-state index contributed by atoms with van der Waals surface area (Å²) in [6.45, 7) is 2.05. The molecule has 74 valence electrons. The molecule has 0 aliphatic heterocycles. The number of ketones is 1. The maximum Gasteiger partial charge on any atom is 0.316 e. The van der Waals surface area contributed by atoms with Crippen LogP contribution in [0.5, 0.6) is 0 Å². The van der Waals surface area contributed by atoms with Gasteiger partial charge in [-0.05, 0) is 13.3 Å². The van der Waals surface area contributed by atoms with E-state index in [0.29, 0.717) is 13.0 Å². The van der Waals surface area contributed by atoms with Crippen molar-refractivity contribution in [3.05, 3.63) is 0 Å². The Bertz CT molecular complexity index is 229. The molecule has 0 heterocycles. The van der Waals surface area contributed by atoms with Crippen LogP contribution in [0, 0.1) is 5.92 Å². The summed E-state index contributed by atoms with van der Waals surface area (Å²) >= 11 is 6.55. The highest BCUT2D eigenvalue weighted by Crippen LogP contribution is 2.33. The molecule has 0 N–H and O–H groups in total. The van der Waals surface area contributed by atoms with Gasteiger partial charge in [0.05, 0.1) is 11.4 Å². The number of esters is 1. The summed E-state index contributed by atoms with van der Waals surface area (Å²) in [6.07, 6.45) is 0.521. The van der Waals surface area contributed by atoms with Crippen molar-refractivity contribution in [3.63, 3.8) is 0 Å². The van der Waals surface area contributed by atoms with E-state index in [1.807, 2.05) is 0 Å². The second kappa shape index (κ2) is 4.55. The lowest BCUT2D eigenvalue weighted by molar-refractivity contribution is -0.150. The van der Waals surface area contributed by atoms with Gasteiger partial charge in [-0.1, -0.05) is 31.9 Å². The van der Waals surface area contributed by atoms with E-state index in [4.69, 9.17) is 4.74 Å². The van der Waals surface area contributed by atoms with E-state index in [-0.39, 0.29) is 15.4 Å². The largest absolute Gasteiger partial charge is 0.465 e. The zero-order valence-electron chi connectivity index (χ0n) is 7.13. The van der Waals surface area contributed by atoms with E-state index >= 15 is 0 Å². The number of hydrogen-bond donors (Lipinski definition) is 0. The SMILES string of the molecule is CCOC(=O)[C@@H]1C[C@@H](Br)[C@H](Br)C1=O. The number of ether oxygens (including phenoxy) is 1. The fraction of sp³-hybridized carbons (Fsp3) is 0.750. The van der Waals surface area contributed by atoms with Crippen molar-refractivity contribution in [2.45, 2.75) is 23.0 Å². The molecule has 1 saturated carbocycles. The first-order valence-corrected chi connectivity index (χ1v) is 5.89. The van der Waals surface area contributed by atoms with Crippen molar-refractivity contribution in [3.8, 4) is 0 Å². The Morgan fingerprint density at radius 1 is 1.62 bits per heavy atom. The molecule has 3 atom stereocenters. The number of carbonyl (C=O) groups is 2. The summed E-state index contributed by atoms with van der Waals surface area (Å²) in [7, 11) is 0. The first kappa shape index (κ1) is 11.2. The molecule has 1 rings (SSSR count). The van der Waals surface area contributed by atoms with E-state index in [1.165, 1.54) is 0 Å². The fourth-order valence-corrected chi connectivity index (χ4v) is 2.46. The van der Waals surface area contributed by atoms with E-state index in [1.54, 1.807) is 6.92 Å². The summed E-state index contributed by atoms with van der Waals surface area (Å²) in [5.74, 6) is -1.08. The van der Waals surface area contributed by atoms with Gasteiger partial charge in [-0.25, -0.2) is 0 Å². The number of carbonyl (C=O) groups excluding carboxylic acids is 2. The molecule has 13 heavy (non-hydrogen) atoms. The molecule has 1 aliphatic rings. The maximum atomic E-state index is 11.5. The molecule has 0 saturated heterocycles. The smallest absolute Gasteiger partial charge is 0.316 e. The first-order valence-electron chi connectivity index (χ1n) is 4.06. The van der Waals surface area contributed by atoms with Gasteiger partial charge in [0, 0.05) is 4.83 Å². The summed E-state index contributed by atoms with van der Waals surface area (Å²) in [5, 5.41) is 0. The topological polar surface area (TPSA) is 43.4 Å². The van der Waals surface area contributed by atoms with Crippen LogP contribution in [0.3, 0.4) is 0 Å². The molecule has 5 heteroatoms. The minimum Gasteiger partial charge on any atom is -0.465 e. The molecule has 3 nitrogen and oxygen atoms in total. The van der Waals surface area contributed by atoms with Crippen LogP contribution in [0.2, 0.25) is 0 Å². The summed E-state index contributed by atoms with van der Waals surface area (Å²) in [5.41, 5.74) is 0. The van der Waals surface area contributed by atoms with Crippen molar-refractivity contribution in [1.29, 1.82) is 0 Å². The third kappa shape index (κ3) is 2.31. The van der Waals surface area contributed by atoms with Crippen LogP contribution in [-0.4, -0.2) is 28.0 Å². The molecule has 0 spiro atoms. The Morgan fingerprint density at radius 2 is 2.23 bits per heavy atom. The Kier molecular flexibility index (Phi) is 3.91. The number of alkyl halides is 2. The maximum absolute atomic E-state index is 11.5. The van der Waals surface area contributed by atoms with Crippen molar-refractivity contribution in [1.82, 2.24) is 0 Å². The number of hydrogen-bond acceptors (Lipinski definition) is 3. The molecular formula is C8H10Br2O3. The molecule has 0 radical (unpaired) electrons. The number of Topliss-reactive ketones (excluding diaryl/α,β-unsaturated/α-hetero) is 1. The molecule has 0 aromatic carbocycles. The lowest BCUT2D eigenvalue weighted by atomic mass is 10.1. The van der Waals surface area contributed by atoms with Crippen molar-refractivity contribution >= 4 is 43.6 Å². The molecule has 0 amide bonds. The van der Waals surface area contributed by atoms with Gasteiger partial charge in [-0.2, -0.15) is 0 Å². The quantitative estimate of drug-likeness (QED) is 0.442. The minimum absolute atomic E-state index is 0.0365. The van der Waals surface area contributed by atoms with Crippen LogP contribution in [0.4, 0.5) is 0 Å². The van der Waals surface area contributed by atoms with Gasteiger partial charge in [-0.3, -0.25) is 9.59 Å². The van der Waals surface area contributed by atoms with Crippen LogP contribution in [0.1, 0.15) is 13.3 Å². The van der Waals surface area contributed by atoms with E-state index < -0.39 is 11.9 Å². The Balaban J connectivity index is 2.63. The fourth-order valence-electron chi connectivity index (χ4n) is 1.29. The van der Waals surface area contributed by atoms with Gasteiger partial charge in [-0.15, -0.1) is 0 Å². The van der Waals surface area contributed by atoms with E-state index in [2.05, 4.69) is 31.9 Å². The Labute approximate surface area is 93.5 Å². The average molecular weight is 314 g/mol. The molecule has 0 aromatic rings. The second-order valence-electron chi connectivity index (χ2n) is 2.86. The van der Waals surface area contributed by atoms with Crippen molar-refractivity contribution < 1.29 is 14.3 Å². The normalized spacial score (nSPS) is 33.5. The first-order chi connectivity index (χ1) is 6.07. The summed E-state index contributed by atoms with van der Waals surface area (Å²) in [4.78, 5) is 22.5. The van der Waals surface area contributed by atoms with Crippen LogP contribution in [0.15, 0.2) is 0 Å². The van der Waals surface area contributed by atoms with Crippen molar-refractivity contribution in [2.24, 2.45) is 5.92 Å². The summed E-state index contributed by atoms with van der Waals surface area (Å²) < 4.78 is 4.79. The third-order valence-electron chi connectivity index (χ3n) is 1.96. The lowest BCUT2D eigenvalue weighted by Crippen LogP contribution is -2.24. The van der Waals surface area contributed by atoms with Gasteiger partial charge in [0.1, 0.15) is 5.92 Å². The average Bonchev–Trinajstić information content (AvgIpc) is 2.33. The monoisotopic (exact) mass is 312 g/mol. The van der Waals surface area contributed by atoms with E-state index in [0.717, 1.165) is 0 Å². The highest BCUT2D eigenvalue weighted by Gasteiger charge is 2.43. The lowest BCUT2D eigenvalue weighted by Gasteiger charge is -2.06. The molecular weight excluding hydrogens is 304 g/mol. The highest BCUT2D eigenvalue weighted by atomic mass is 79.9. The van der Waals surface area contributed by atoms with Crippen LogP contribution >= 0.6 is 31.9 Å². The minimum atomic E-state index is -0.589.